The fourth-order valence-electron chi connectivity index (χ4n) is 0.865. The molecule has 96 valence electrons. The van der Waals surface area contributed by atoms with Gasteiger partial charge in [0.25, 0.3) is 5.91 Å². The molecule has 1 unspecified atom stereocenters. The fraction of sp³-hybridized carbons (Fsp3) is 0.875. The number of carbonyl (C=O) groups excluding carboxylic acids is 1. The Morgan fingerprint density at radius 3 is 2.25 bits per heavy atom. The van der Waals surface area contributed by atoms with Crippen molar-refractivity contribution >= 4 is 25.2 Å². The van der Waals surface area contributed by atoms with E-state index in [1.54, 1.807) is 0 Å². The van der Waals surface area contributed by atoms with Crippen molar-refractivity contribution in [2.75, 3.05) is 25.7 Å². The summed E-state index contributed by atoms with van der Waals surface area (Å²) < 4.78 is 39.0. The minimum Gasteiger partial charge on any atom is -0.462 e. The van der Waals surface area contributed by atoms with Crippen LogP contribution in [0, 0.1) is 0 Å². The van der Waals surface area contributed by atoms with E-state index in [4.69, 9.17) is 11.6 Å². The van der Waals surface area contributed by atoms with E-state index in [2.05, 4.69) is 13.8 Å². The zero-order valence-corrected chi connectivity index (χ0v) is 10.8. The summed E-state index contributed by atoms with van der Waals surface area (Å²) in [5.41, 5.74) is 0. The number of esters is 1. The maximum absolute atomic E-state index is 13.5. The summed E-state index contributed by atoms with van der Waals surface area (Å²) in [5, 5.41) is 0. The van der Waals surface area contributed by atoms with Crippen LogP contribution >= 0.6 is 19.2 Å². The van der Waals surface area contributed by atoms with E-state index in [9.17, 15) is 13.8 Å². The molecule has 0 saturated carbocycles. The molecule has 0 N–H and O–H groups in total. The molecule has 0 aromatic carbocycles. The molecule has 1 atom stereocenters. The lowest BCUT2D eigenvalue weighted by molar-refractivity contribution is -0.146. The molecule has 0 heterocycles. The van der Waals surface area contributed by atoms with Gasteiger partial charge in [0.2, 0.25) is 0 Å². The van der Waals surface area contributed by atoms with Crippen LogP contribution in [0.1, 0.15) is 13.8 Å². The molecular weight excluding hydrogens is 262 g/mol. The predicted molar refractivity (Wildman–Crippen MR) is 57.4 cm³/mol. The molecule has 0 spiro atoms. The largest absolute Gasteiger partial charge is 0.462 e. The van der Waals surface area contributed by atoms with Crippen LogP contribution in [0.25, 0.3) is 0 Å². The lowest BCUT2D eigenvalue weighted by Gasteiger charge is -2.19. The van der Waals surface area contributed by atoms with Gasteiger partial charge in [0, 0.05) is 0 Å². The highest BCUT2D eigenvalue weighted by Gasteiger charge is 2.42. The molecule has 8 heteroatoms. The van der Waals surface area contributed by atoms with Crippen LogP contribution in [-0.2, 0) is 23.1 Å². The first-order valence-corrected chi connectivity index (χ1v) is 6.91. The minimum atomic E-state index is -4.09. The number of rotatable bonds is 8. The second-order valence-electron chi connectivity index (χ2n) is 2.57. The maximum Gasteiger partial charge on any atom is 0.376 e. The molecule has 0 fully saturated rings. The fourth-order valence-corrected chi connectivity index (χ4v) is 2.33. The van der Waals surface area contributed by atoms with E-state index in [-0.39, 0.29) is 25.7 Å². The zero-order valence-electron chi connectivity index (χ0n) is 9.15. The number of hydrogen-bond acceptors (Lipinski definition) is 5. The highest BCUT2D eigenvalue weighted by Crippen LogP contribution is 2.53. The quantitative estimate of drug-likeness (QED) is 0.387. The van der Waals surface area contributed by atoms with Gasteiger partial charge in [0.1, 0.15) is 6.61 Å². The number of halogens is 2. The topological polar surface area (TPSA) is 61.8 Å². The summed E-state index contributed by atoms with van der Waals surface area (Å²) in [6.07, 6.45) is 0. The van der Waals surface area contributed by atoms with Gasteiger partial charge >= 0.3 is 13.6 Å². The van der Waals surface area contributed by atoms with Crippen molar-refractivity contribution in [2.24, 2.45) is 0 Å². The maximum atomic E-state index is 13.5. The molecule has 0 aliphatic heterocycles. The molecule has 0 rings (SSSR count). The molecule has 5 nitrogen and oxygen atoms in total. The lowest BCUT2D eigenvalue weighted by atomic mass is 10.7. The van der Waals surface area contributed by atoms with E-state index in [1.165, 1.54) is 13.8 Å². The molecule has 0 aromatic rings. The summed E-state index contributed by atoms with van der Waals surface area (Å²) in [5.74, 6) is -3.69. The highest BCUT2D eigenvalue weighted by atomic mass is 35.5. The molecule has 0 aromatic heterocycles. The third-order valence-electron chi connectivity index (χ3n) is 1.41. The zero-order chi connectivity index (χ0) is 12.6. The van der Waals surface area contributed by atoms with Crippen LogP contribution in [0.15, 0.2) is 0 Å². The van der Waals surface area contributed by atoms with E-state index in [1.807, 2.05) is 0 Å². The molecule has 0 bridgehead atoms. The Morgan fingerprint density at radius 2 is 1.88 bits per heavy atom. The number of ether oxygens (including phenoxy) is 1. The molecule has 0 saturated heterocycles. The summed E-state index contributed by atoms with van der Waals surface area (Å²) in [6.45, 7) is 2.82. The van der Waals surface area contributed by atoms with Crippen molar-refractivity contribution in [3.05, 3.63) is 0 Å². The summed E-state index contributed by atoms with van der Waals surface area (Å²) >= 11 is 5.26. The van der Waals surface area contributed by atoms with E-state index in [0.717, 1.165) is 0 Å². The highest BCUT2D eigenvalue weighted by molar-refractivity contribution is 7.55. The first kappa shape index (κ1) is 15.8. The Balaban J connectivity index is 4.53. The van der Waals surface area contributed by atoms with Crippen LogP contribution in [0.4, 0.5) is 4.39 Å². The molecule has 16 heavy (non-hydrogen) atoms. The molecule has 0 aliphatic rings. The standard InChI is InChI=1S/C8H15ClFO5P/c1-3-14-16(12,15-4-2)7(10)8(11)13-6-5-9/h7H,3-6H2,1-2H3. The van der Waals surface area contributed by atoms with Crippen LogP contribution in [0.5, 0.6) is 0 Å². The first-order valence-electron chi connectivity index (χ1n) is 4.77. The van der Waals surface area contributed by atoms with Crippen molar-refractivity contribution < 1.29 is 27.5 Å². The van der Waals surface area contributed by atoms with Gasteiger partial charge in [0.15, 0.2) is 0 Å². The Hall–Kier alpha value is -0.160. The second-order valence-corrected chi connectivity index (χ2v) is 5.00. The van der Waals surface area contributed by atoms with Gasteiger partial charge in [-0.25, -0.2) is 9.18 Å². The van der Waals surface area contributed by atoms with Crippen LogP contribution in [0.3, 0.4) is 0 Å². The molecule has 0 radical (unpaired) electrons. The van der Waals surface area contributed by atoms with Gasteiger partial charge in [-0.3, -0.25) is 4.57 Å². The third-order valence-corrected chi connectivity index (χ3v) is 3.57. The van der Waals surface area contributed by atoms with Crippen LogP contribution in [0.2, 0.25) is 0 Å². The van der Waals surface area contributed by atoms with Gasteiger partial charge in [-0.05, 0) is 13.8 Å². The SMILES string of the molecule is CCOP(=O)(OCC)C(F)C(=O)OCCCl. The first-order chi connectivity index (χ1) is 7.51. The van der Waals surface area contributed by atoms with Crippen molar-refractivity contribution in [3.8, 4) is 0 Å². The van der Waals surface area contributed by atoms with Crippen molar-refractivity contribution in [3.63, 3.8) is 0 Å². The average molecular weight is 277 g/mol. The predicted octanol–water partition coefficient (Wildman–Crippen LogP) is 2.33. The van der Waals surface area contributed by atoms with E-state index in [0.29, 0.717) is 0 Å². The van der Waals surface area contributed by atoms with E-state index >= 15 is 0 Å². The van der Waals surface area contributed by atoms with Gasteiger partial charge < -0.3 is 13.8 Å². The average Bonchev–Trinajstić information content (AvgIpc) is 2.25. The molecule has 0 aliphatic carbocycles. The third kappa shape index (κ3) is 4.78. The van der Waals surface area contributed by atoms with Gasteiger partial charge in [-0.2, -0.15) is 0 Å². The molecule has 0 amide bonds. The van der Waals surface area contributed by atoms with Crippen LogP contribution in [-0.4, -0.2) is 37.6 Å². The Morgan fingerprint density at radius 1 is 1.38 bits per heavy atom. The van der Waals surface area contributed by atoms with Gasteiger partial charge in [-0.15, -0.1) is 11.6 Å². The van der Waals surface area contributed by atoms with Crippen LogP contribution < -0.4 is 0 Å². The molecular formula is C8H15ClFO5P. The number of carbonyl (C=O) groups is 1. The summed E-state index contributed by atoms with van der Waals surface area (Å²) in [4.78, 5) is 11.1. The number of alkyl halides is 2. The normalized spacial score (nSPS) is 13.5. The van der Waals surface area contributed by atoms with Crippen molar-refractivity contribution in [2.45, 2.75) is 19.8 Å². The summed E-state index contributed by atoms with van der Waals surface area (Å²) in [6, 6.07) is 0. The second kappa shape index (κ2) is 8.01. The lowest BCUT2D eigenvalue weighted by Crippen LogP contribution is -2.22. The van der Waals surface area contributed by atoms with Gasteiger partial charge in [-0.1, -0.05) is 0 Å². The smallest absolute Gasteiger partial charge is 0.376 e. The van der Waals surface area contributed by atoms with E-state index < -0.39 is 19.5 Å². The minimum absolute atomic E-state index is 0.0273. The van der Waals surface area contributed by atoms with Crippen molar-refractivity contribution in [1.82, 2.24) is 0 Å². The Labute approximate surface area is 98.7 Å². The van der Waals surface area contributed by atoms with Gasteiger partial charge in [0.05, 0.1) is 19.1 Å². The summed E-state index contributed by atoms with van der Waals surface area (Å²) in [7, 11) is -4.09. The monoisotopic (exact) mass is 276 g/mol. The Kier molecular flexibility index (Phi) is 7.93. The Bertz CT molecular complexity index is 253. The van der Waals surface area contributed by atoms with Crippen molar-refractivity contribution in [1.29, 1.82) is 0 Å². The number of hydrogen-bond donors (Lipinski definition) is 0.